The lowest BCUT2D eigenvalue weighted by atomic mass is 9.16. The van der Waals surface area contributed by atoms with E-state index < -0.39 is 9.94 Å². The van der Waals surface area contributed by atoms with Crippen LogP contribution in [0.5, 0.6) is 0 Å². The average molecular weight is 521 g/mol. The minimum atomic E-state index is -1.45. The lowest BCUT2D eigenvalue weighted by molar-refractivity contribution is -0.786. The molecule has 0 saturated heterocycles. The van der Waals surface area contributed by atoms with Gasteiger partial charge in [-0.15, -0.1) is 5.92 Å². The van der Waals surface area contributed by atoms with Crippen LogP contribution in [0.3, 0.4) is 0 Å². The van der Waals surface area contributed by atoms with Crippen LogP contribution in [0.1, 0.15) is 12.5 Å². The van der Waals surface area contributed by atoms with Crippen molar-refractivity contribution in [2.45, 2.75) is 10.7 Å². The third-order valence-corrected chi connectivity index (χ3v) is 5.79. The van der Waals surface area contributed by atoms with E-state index in [0.29, 0.717) is 0 Å². The monoisotopic (exact) mass is 519 g/mol. The molecule has 4 rings (SSSR count). The summed E-state index contributed by atoms with van der Waals surface area (Å²) in [5.74, 6) is 7.38. The van der Waals surface area contributed by atoms with Crippen LogP contribution in [0.15, 0.2) is 115 Å². The Balaban J connectivity index is 0.000000623. The maximum atomic E-state index is 5.06. The van der Waals surface area contributed by atoms with Crippen LogP contribution in [0.4, 0.5) is 5.69 Å². The first-order valence-electron chi connectivity index (χ1n) is 11.5. The molecule has 1 nitrogen and oxygen atoms in total. The lowest BCUT2D eigenvalue weighted by Gasteiger charge is -2.38. The molecule has 0 heterocycles. The van der Waals surface area contributed by atoms with Crippen LogP contribution < -0.4 is 21.3 Å². The van der Waals surface area contributed by atoms with Crippen molar-refractivity contribution < 1.29 is 4.90 Å². The molecular formula is C30H29BCl3N. The van der Waals surface area contributed by atoms with Gasteiger partial charge in [0.05, 0.1) is 19.7 Å². The molecule has 35 heavy (non-hydrogen) atoms. The second kappa shape index (κ2) is 12.3. The van der Waals surface area contributed by atoms with Crippen LogP contribution in [0.2, 0.25) is 0 Å². The van der Waals surface area contributed by atoms with Crippen molar-refractivity contribution in [2.24, 2.45) is 0 Å². The molecule has 0 aliphatic carbocycles. The van der Waals surface area contributed by atoms with E-state index >= 15 is 0 Å². The molecule has 0 saturated carbocycles. The summed E-state index contributed by atoms with van der Waals surface area (Å²) >= 11 is 15.2. The maximum Gasteiger partial charge on any atom is 0.187 e. The second-order valence-corrected chi connectivity index (χ2v) is 11.5. The fourth-order valence-corrected chi connectivity index (χ4v) is 4.27. The van der Waals surface area contributed by atoms with Gasteiger partial charge in [-0.2, -0.15) is 16.4 Å². The van der Waals surface area contributed by atoms with Crippen LogP contribution in [0.25, 0.3) is 0 Å². The predicted molar refractivity (Wildman–Crippen MR) is 156 cm³/mol. The third-order valence-electron chi connectivity index (χ3n) is 5.79. The van der Waals surface area contributed by atoms with Crippen molar-refractivity contribution in [1.82, 2.24) is 0 Å². The van der Waals surface area contributed by atoms with Gasteiger partial charge in [-0.25, -0.2) is 0 Å². The van der Waals surface area contributed by atoms with E-state index in [2.05, 4.69) is 141 Å². The molecule has 4 aromatic rings. The van der Waals surface area contributed by atoms with Gasteiger partial charge >= 0.3 is 0 Å². The Bertz CT molecular complexity index is 1160. The van der Waals surface area contributed by atoms with Crippen molar-refractivity contribution in [3.63, 3.8) is 0 Å². The Kier molecular flexibility index (Phi) is 9.50. The minimum absolute atomic E-state index is 1.08. The fraction of sp³-hybridized carbons (Fsp3) is 0.133. The van der Waals surface area contributed by atoms with E-state index in [1.807, 2.05) is 0 Å². The standard InChI is InChI=1S/C28H25BN.C2H3Cl3/c1-30(2)28-21-13-12-14-24(28)22-23-29(25-15-6-3-7-16-25,26-17-8-4-9-18-26)27-19-10-5-11-20-27;1-2(3,4)5/h3-21H,1-2H3;1H3/q-1;/p+1. The topological polar surface area (TPSA) is 4.44 Å². The summed E-state index contributed by atoms with van der Waals surface area (Å²) in [4.78, 5) is 1.28. The van der Waals surface area contributed by atoms with E-state index in [4.69, 9.17) is 34.8 Å². The number of alkyl halides is 3. The quantitative estimate of drug-likeness (QED) is 0.222. The largest absolute Gasteiger partial charge is 0.306 e. The molecule has 4 aromatic carbocycles. The zero-order valence-corrected chi connectivity index (χ0v) is 22.4. The number of benzene rings is 4. The summed E-state index contributed by atoms with van der Waals surface area (Å²) in [7, 11) is 4.29. The highest BCUT2D eigenvalue weighted by molar-refractivity contribution is 7.16. The molecule has 1 N–H and O–H groups in total. The smallest absolute Gasteiger partial charge is 0.187 e. The van der Waals surface area contributed by atoms with Crippen molar-refractivity contribution in [2.75, 3.05) is 14.1 Å². The van der Waals surface area contributed by atoms with Gasteiger partial charge in [-0.05, 0) is 13.0 Å². The predicted octanol–water partition coefficient (Wildman–Crippen LogP) is 4.90. The summed E-state index contributed by atoms with van der Waals surface area (Å²) in [5, 5.41) is 0. The summed E-state index contributed by atoms with van der Waals surface area (Å²) in [6.45, 7) is 1.48. The highest BCUT2D eigenvalue weighted by atomic mass is 35.6. The molecule has 178 valence electrons. The fourth-order valence-electron chi connectivity index (χ4n) is 4.27. The number of halogens is 3. The SMILES string of the molecule is CC(Cl)(Cl)Cl.C[NH+](C)c1ccccc1C#C[B-](c1ccccc1)(c1ccccc1)c1ccccc1. The molecule has 0 bridgehead atoms. The first-order valence-corrected chi connectivity index (χ1v) is 12.7. The molecule has 0 aliphatic rings. The first kappa shape index (κ1) is 26.9. The molecular weight excluding hydrogens is 492 g/mol. The number of para-hydroxylation sites is 1. The first-order chi connectivity index (χ1) is 16.7. The summed E-state index contributed by atoms with van der Waals surface area (Å²) < 4.78 is -1.08. The van der Waals surface area contributed by atoms with E-state index in [9.17, 15) is 0 Å². The van der Waals surface area contributed by atoms with Crippen molar-refractivity contribution in [3.05, 3.63) is 121 Å². The zero-order valence-electron chi connectivity index (χ0n) is 20.2. The van der Waals surface area contributed by atoms with E-state index in [0.717, 1.165) is 5.56 Å². The van der Waals surface area contributed by atoms with Crippen LogP contribution in [-0.4, -0.2) is 24.0 Å². The van der Waals surface area contributed by atoms with Gasteiger partial charge in [0.1, 0.15) is 11.8 Å². The highest BCUT2D eigenvalue weighted by Crippen LogP contribution is 2.23. The van der Waals surface area contributed by atoms with Gasteiger partial charge in [0.2, 0.25) is 0 Å². The molecule has 0 spiro atoms. The molecule has 0 atom stereocenters. The molecule has 0 aromatic heterocycles. The zero-order chi connectivity index (χ0) is 25.3. The summed E-state index contributed by atoms with van der Waals surface area (Å²) in [6, 6.07) is 40.5. The Labute approximate surface area is 224 Å². The van der Waals surface area contributed by atoms with Crippen LogP contribution in [0, 0.1) is 11.7 Å². The summed E-state index contributed by atoms with van der Waals surface area (Å²) in [6.07, 6.45) is -1.45. The van der Waals surface area contributed by atoms with Crippen molar-refractivity contribution in [1.29, 1.82) is 0 Å². The van der Waals surface area contributed by atoms with Crippen LogP contribution >= 0.6 is 34.8 Å². The Morgan fingerprint density at radius 3 is 1.31 bits per heavy atom. The molecule has 5 heteroatoms. The number of nitrogens with one attached hydrogen (secondary N) is 1. The van der Waals surface area contributed by atoms with Gasteiger partial charge in [-0.3, -0.25) is 5.82 Å². The van der Waals surface area contributed by atoms with Crippen LogP contribution in [-0.2, 0) is 0 Å². The number of hydrogen-bond acceptors (Lipinski definition) is 0. The van der Waals surface area contributed by atoms with Gasteiger partial charge in [0.15, 0.2) is 3.79 Å². The Hall–Kier alpha value is -2.67. The lowest BCUT2D eigenvalue weighted by Crippen LogP contribution is -3.00. The Morgan fingerprint density at radius 2 is 0.943 bits per heavy atom. The van der Waals surface area contributed by atoms with Gasteiger partial charge in [-0.1, -0.05) is 138 Å². The van der Waals surface area contributed by atoms with Gasteiger partial charge in [0.25, 0.3) is 0 Å². The number of rotatable bonds is 4. The molecule has 0 fully saturated rings. The van der Waals surface area contributed by atoms with Crippen molar-refractivity contribution >= 4 is 63.0 Å². The van der Waals surface area contributed by atoms with E-state index in [-0.39, 0.29) is 0 Å². The molecule has 0 unspecified atom stereocenters. The number of hydrogen-bond donors (Lipinski definition) is 1. The van der Waals surface area contributed by atoms with Crippen molar-refractivity contribution in [3.8, 4) is 11.7 Å². The third kappa shape index (κ3) is 7.41. The van der Waals surface area contributed by atoms with E-state index in [1.165, 1.54) is 33.9 Å². The molecule has 0 radical (unpaired) electrons. The summed E-state index contributed by atoms with van der Waals surface area (Å²) in [5.41, 5.74) is 5.99. The minimum Gasteiger partial charge on any atom is -0.306 e. The number of quaternary nitrogens is 1. The van der Waals surface area contributed by atoms with Gasteiger partial charge < -0.3 is 4.90 Å². The van der Waals surface area contributed by atoms with Gasteiger partial charge in [0, 0.05) is 6.07 Å². The highest BCUT2D eigenvalue weighted by Gasteiger charge is 2.28. The maximum absolute atomic E-state index is 5.06. The van der Waals surface area contributed by atoms with E-state index in [1.54, 1.807) is 0 Å². The molecule has 0 amide bonds. The molecule has 0 aliphatic heterocycles. The normalized spacial score (nSPS) is 11.2. The average Bonchev–Trinajstić information content (AvgIpc) is 2.86. The second-order valence-electron chi connectivity index (χ2n) is 8.69. The Morgan fingerprint density at radius 1 is 0.600 bits per heavy atom.